The van der Waals surface area contributed by atoms with Crippen LogP contribution in [0.4, 0.5) is 5.69 Å². The highest BCUT2D eigenvalue weighted by Gasteiger charge is 2.38. The first kappa shape index (κ1) is 18.1. The molecule has 4 heteroatoms. The Morgan fingerprint density at radius 2 is 1.71 bits per heavy atom. The number of alkyl halides is 1. The lowest BCUT2D eigenvalue weighted by molar-refractivity contribution is 0.827. The number of fused-ring (bicyclic) bond motifs is 4. The average Bonchev–Trinajstić information content (AvgIpc) is 3.18. The van der Waals surface area contributed by atoms with Crippen LogP contribution < -0.4 is 4.90 Å². The van der Waals surface area contributed by atoms with Crippen LogP contribution in [0.5, 0.6) is 0 Å². The maximum Gasteiger partial charge on any atom is 0.162 e. The number of halogens is 1. The molecular weight excluding hydrogens is 475 g/mol. The number of likely N-dealkylation sites (N-methyl/N-ethyl adjacent to an activating group) is 1. The van der Waals surface area contributed by atoms with Crippen molar-refractivity contribution in [2.75, 3.05) is 11.9 Å². The predicted molar refractivity (Wildman–Crippen MR) is 132 cm³/mol. The van der Waals surface area contributed by atoms with E-state index in [-0.39, 0.29) is 2.88 Å². The number of benzene rings is 3. The molecule has 0 N–H and O–H groups in total. The molecule has 1 aromatic heterocycles. The minimum atomic E-state index is -0.103. The van der Waals surface area contributed by atoms with E-state index in [0.717, 1.165) is 6.54 Å². The van der Waals surface area contributed by atoms with Crippen molar-refractivity contribution < 1.29 is 0 Å². The van der Waals surface area contributed by atoms with E-state index in [1.807, 2.05) is 11.8 Å². The summed E-state index contributed by atoms with van der Waals surface area (Å²) in [5, 5.41) is 2.66. The van der Waals surface area contributed by atoms with Gasteiger partial charge in [0.05, 0.1) is 5.69 Å². The number of thioether (sulfide) groups is 1. The van der Waals surface area contributed by atoms with Crippen molar-refractivity contribution in [3.05, 3.63) is 78.4 Å². The van der Waals surface area contributed by atoms with Gasteiger partial charge in [-0.1, -0.05) is 54.2 Å². The van der Waals surface area contributed by atoms with Crippen LogP contribution in [-0.2, 0) is 6.54 Å². The zero-order chi connectivity index (χ0) is 19.3. The Morgan fingerprint density at radius 1 is 0.964 bits per heavy atom. The molecule has 28 heavy (non-hydrogen) atoms. The van der Waals surface area contributed by atoms with E-state index in [1.165, 1.54) is 38.0 Å². The molecular formula is C24H21IN2S. The second-order valence-corrected chi connectivity index (χ2v) is 10.8. The Morgan fingerprint density at radius 3 is 2.54 bits per heavy atom. The Balaban J connectivity index is 1.55. The molecule has 0 radical (unpaired) electrons. The highest BCUT2D eigenvalue weighted by molar-refractivity contribution is 14.1. The highest BCUT2D eigenvalue weighted by Crippen LogP contribution is 2.53. The van der Waals surface area contributed by atoms with Gasteiger partial charge in [-0.15, -0.1) is 0 Å². The van der Waals surface area contributed by atoms with Gasteiger partial charge in [-0.2, -0.15) is 0 Å². The minimum absolute atomic E-state index is 0.103. The topological polar surface area (TPSA) is 8.17 Å². The van der Waals surface area contributed by atoms with Gasteiger partial charge in [0.1, 0.15) is 0 Å². The van der Waals surface area contributed by atoms with Crippen molar-refractivity contribution in [2.45, 2.75) is 21.2 Å². The molecule has 0 saturated heterocycles. The summed E-state index contributed by atoms with van der Waals surface area (Å²) in [5.41, 5.74) is 5.17. The van der Waals surface area contributed by atoms with E-state index in [0.29, 0.717) is 0 Å². The maximum atomic E-state index is 2.55. The summed E-state index contributed by atoms with van der Waals surface area (Å²) in [5.74, 6) is 0. The van der Waals surface area contributed by atoms with Gasteiger partial charge >= 0.3 is 0 Å². The highest BCUT2D eigenvalue weighted by atomic mass is 127. The van der Waals surface area contributed by atoms with Crippen LogP contribution in [0.2, 0.25) is 0 Å². The standard InChI is InChI=1S/C24H21IN2S/c1-3-27-20-9-5-4-8-18(20)19-16-17(12-13-21(19)27)14-15-24(25)26(2)22-10-6-7-11-23(22)28-24/h4-16H,3H2,1-2H3. The molecule has 2 nitrogen and oxygen atoms in total. The zero-order valence-corrected chi connectivity index (χ0v) is 18.9. The summed E-state index contributed by atoms with van der Waals surface area (Å²) in [7, 11) is 2.17. The molecule has 0 fully saturated rings. The number of para-hydroxylation sites is 2. The molecule has 0 aliphatic carbocycles. The first-order chi connectivity index (χ1) is 13.6. The van der Waals surface area contributed by atoms with E-state index in [9.17, 15) is 0 Å². The van der Waals surface area contributed by atoms with Gasteiger partial charge in [0.15, 0.2) is 2.88 Å². The monoisotopic (exact) mass is 496 g/mol. The van der Waals surface area contributed by atoms with Crippen molar-refractivity contribution in [3.63, 3.8) is 0 Å². The van der Waals surface area contributed by atoms with Gasteiger partial charge in [-0.25, -0.2) is 0 Å². The van der Waals surface area contributed by atoms with E-state index in [1.54, 1.807) is 0 Å². The largest absolute Gasteiger partial charge is 0.347 e. The van der Waals surface area contributed by atoms with Crippen LogP contribution in [0.15, 0.2) is 77.7 Å². The van der Waals surface area contributed by atoms with Gasteiger partial charge in [0.2, 0.25) is 0 Å². The summed E-state index contributed by atoms with van der Waals surface area (Å²) in [6.07, 6.45) is 4.58. The average molecular weight is 496 g/mol. The number of rotatable bonds is 3. The molecule has 3 aromatic carbocycles. The minimum Gasteiger partial charge on any atom is -0.347 e. The van der Waals surface area contributed by atoms with Crippen molar-refractivity contribution in [1.82, 2.24) is 4.57 Å². The van der Waals surface area contributed by atoms with Gasteiger partial charge in [-0.05, 0) is 71.5 Å². The number of aromatic nitrogens is 1. The van der Waals surface area contributed by atoms with E-state index < -0.39 is 0 Å². The van der Waals surface area contributed by atoms with E-state index in [4.69, 9.17) is 0 Å². The molecule has 5 rings (SSSR count). The molecule has 0 bridgehead atoms. The Kier molecular flexibility index (Phi) is 4.43. The Hall–Kier alpha value is -1.92. The molecule has 4 aromatic rings. The molecule has 2 heterocycles. The summed E-state index contributed by atoms with van der Waals surface area (Å²) >= 11 is 4.46. The quantitative estimate of drug-likeness (QED) is 0.169. The van der Waals surface area contributed by atoms with Crippen LogP contribution in [0.25, 0.3) is 27.9 Å². The van der Waals surface area contributed by atoms with Crippen LogP contribution in [0.1, 0.15) is 12.5 Å². The Bertz CT molecular complexity index is 1230. The third kappa shape index (κ3) is 2.77. The predicted octanol–water partition coefficient (Wildman–Crippen LogP) is 7.16. The number of anilines is 1. The van der Waals surface area contributed by atoms with Crippen molar-refractivity contribution in [3.8, 4) is 0 Å². The molecule has 1 atom stereocenters. The number of hydrogen-bond donors (Lipinski definition) is 0. The number of hydrogen-bond acceptors (Lipinski definition) is 2. The van der Waals surface area contributed by atoms with Gasteiger partial charge in [0.25, 0.3) is 0 Å². The second-order valence-electron chi connectivity index (χ2n) is 7.11. The van der Waals surface area contributed by atoms with E-state index in [2.05, 4.69) is 125 Å². The van der Waals surface area contributed by atoms with Crippen LogP contribution >= 0.6 is 34.4 Å². The maximum absolute atomic E-state index is 2.55. The lowest BCUT2D eigenvalue weighted by atomic mass is 10.1. The number of nitrogens with zero attached hydrogens (tertiary/aromatic N) is 2. The third-order valence-electron chi connectivity index (χ3n) is 5.53. The first-order valence-corrected chi connectivity index (χ1v) is 11.4. The van der Waals surface area contributed by atoms with Gasteiger partial charge in [0, 0.05) is 40.3 Å². The van der Waals surface area contributed by atoms with Crippen molar-refractivity contribution >= 4 is 67.9 Å². The smallest absolute Gasteiger partial charge is 0.162 e. The zero-order valence-electron chi connectivity index (χ0n) is 15.9. The van der Waals surface area contributed by atoms with Crippen molar-refractivity contribution in [1.29, 1.82) is 0 Å². The lowest BCUT2D eigenvalue weighted by Crippen LogP contribution is -2.31. The molecule has 0 saturated carbocycles. The summed E-state index contributed by atoms with van der Waals surface area (Å²) in [6.45, 7) is 3.19. The first-order valence-electron chi connectivity index (χ1n) is 9.52. The molecule has 0 amide bonds. The number of aryl methyl sites for hydroxylation is 1. The molecule has 0 spiro atoms. The van der Waals surface area contributed by atoms with Crippen LogP contribution in [-0.4, -0.2) is 14.5 Å². The second kappa shape index (κ2) is 6.85. The lowest BCUT2D eigenvalue weighted by Gasteiger charge is -2.28. The summed E-state index contributed by atoms with van der Waals surface area (Å²) in [6, 6.07) is 24.2. The van der Waals surface area contributed by atoms with Crippen LogP contribution in [0.3, 0.4) is 0 Å². The molecule has 1 aliphatic rings. The summed E-state index contributed by atoms with van der Waals surface area (Å²) < 4.78 is 2.29. The SMILES string of the molecule is CCn1c2ccccc2c2cc(C=CC3(I)Sc4ccccc4N3C)ccc21. The molecule has 1 aliphatic heterocycles. The van der Waals surface area contributed by atoms with Crippen LogP contribution in [0, 0.1) is 0 Å². The fourth-order valence-electron chi connectivity index (χ4n) is 4.07. The van der Waals surface area contributed by atoms with Gasteiger partial charge < -0.3 is 9.47 Å². The Labute approximate surface area is 183 Å². The van der Waals surface area contributed by atoms with Crippen molar-refractivity contribution in [2.24, 2.45) is 0 Å². The normalized spacial score (nSPS) is 19.2. The van der Waals surface area contributed by atoms with E-state index >= 15 is 0 Å². The third-order valence-corrected chi connectivity index (χ3v) is 8.54. The summed E-state index contributed by atoms with van der Waals surface area (Å²) in [4.78, 5) is 3.69. The fraction of sp³-hybridized carbons (Fsp3) is 0.167. The molecule has 140 valence electrons. The van der Waals surface area contributed by atoms with Gasteiger partial charge in [-0.3, -0.25) is 0 Å². The fourth-order valence-corrected chi connectivity index (χ4v) is 6.36. The molecule has 1 unspecified atom stereocenters.